The molecular weight excluding hydrogens is 392 g/mol. The van der Waals surface area contributed by atoms with Gasteiger partial charge in [-0.05, 0) is 31.0 Å². The molecule has 1 amide bonds. The van der Waals surface area contributed by atoms with Crippen LogP contribution < -0.4 is 5.32 Å². The minimum atomic E-state index is -1.03. The number of phenolic OH excluding ortho intramolecular Hbond substituents is 2. The predicted octanol–water partition coefficient (Wildman–Crippen LogP) is 3.57. The fourth-order valence-corrected chi connectivity index (χ4v) is 2.99. The standard InChI is InChI=1S/C21H18N2O7/c1-11-7-8-16(23(28)29)19(12(11)2)22-18(25)10-30-21(27)15-9-17(24)13-5-3-4-6-14(13)20(15)26/h3-9,24,26H,10H2,1-2H3,(H,22,25). The maximum Gasteiger partial charge on any atom is 0.342 e. The lowest BCUT2D eigenvalue weighted by Gasteiger charge is -2.12. The Morgan fingerprint density at radius 3 is 2.43 bits per heavy atom. The number of carbonyl (C=O) groups excluding carboxylic acids is 2. The fraction of sp³-hybridized carbons (Fsp3) is 0.143. The van der Waals surface area contributed by atoms with Gasteiger partial charge in [0, 0.05) is 16.8 Å². The van der Waals surface area contributed by atoms with Crippen LogP contribution in [-0.4, -0.2) is 33.6 Å². The van der Waals surface area contributed by atoms with Gasteiger partial charge in [-0.1, -0.05) is 30.3 Å². The largest absolute Gasteiger partial charge is 0.507 e. The normalized spacial score (nSPS) is 10.6. The number of aromatic hydroxyl groups is 2. The van der Waals surface area contributed by atoms with Gasteiger partial charge in [-0.25, -0.2) is 4.79 Å². The summed E-state index contributed by atoms with van der Waals surface area (Å²) in [6.07, 6.45) is 0. The van der Waals surface area contributed by atoms with Gasteiger partial charge < -0.3 is 20.3 Å². The van der Waals surface area contributed by atoms with Crippen molar-refractivity contribution in [1.82, 2.24) is 0 Å². The summed E-state index contributed by atoms with van der Waals surface area (Å²) in [5, 5.41) is 34.6. The summed E-state index contributed by atoms with van der Waals surface area (Å²) in [5.41, 5.74) is 0.685. The SMILES string of the molecule is Cc1ccc([N+](=O)[O-])c(NC(=O)COC(=O)c2cc(O)c3ccccc3c2O)c1C. The predicted molar refractivity (Wildman–Crippen MR) is 109 cm³/mol. The Morgan fingerprint density at radius 2 is 1.77 bits per heavy atom. The highest BCUT2D eigenvalue weighted by Crippen LogP contribution is 2.35. The van der Waals surface area contributed by atoms with Gasteiger partial charge in [-0.2, -0.15) is 0 Å². The van der Waals surface area contributed by atoms with E-state index in [1.54, 1.807) is 38.1 Å². The number of benzene rings is 3. The van der Waals surface area contributed by atoms with Crippen LogP contribution in [0.25, 0.3) is 10.8 Å². The Balaban J connectivity index is 1.77. The number of ether oxygens (including phenoxy) is 1. The van der Waals surface area contributed by atoms with Crippen LogP contribution in [0.2, 0.25) is 0 Å². The molecule has 0 saturated heterocycles. The number of esters is 1. The van der Waals surface area contributed by atoms with E-state index in [0.29, 0.717) is 10.9 Å². The van der Waals surface area contributed by atoms with Crippen LogP contribution in [0.3, 0.4) is 0 Å². The smallest absolute Gasteiger partial charge is 0.342 e. The zero-order valence-electron chi connectivity index (χ0n) is 16.1. The minimum absolute atomic E-state index is 0.0206. The molecule has 0 spiro atoms. The van der Waals surface area contributed by atoms with Gasteiger partial charge >= 0.3 is 5.97 Å². The van der Waals surface area contributed by atoms with Gasteiger partial charge in [0.05, 0.1) is 4.92 Å². The average molecular weight is 410 g/mol. The Morgan fingerprint density at radius 1 is 1.10 bits per heavy atom. The second-order valence-corrected chi connectivity index (χ2v) is 6.62. The van der Waals surface area contributed by atoms with Crippen molar-refractivity contribution in [2.75, 3.05) is 11.9 Å². The summed E-state index contributed by atoms with van der Waals surface area (Å²) in [6.45, 7) is 2.62. The van der Waals surface area contributed by atoms with E-state index in [0.717, 1.165) is 11.6 Å². The van der Waals surface area contributed by atoms with Crippen molar-refractivity contribution in [3.05, 3.63) is 69.3 Å². The van der Waals surface area contributed by atoms with Crippen LogP contribution >= 0.6 is 0 Å². The maximum absolute atomic E-state index is 12.3. The lowest BCUT2D eigenvalue weighted by molar-refractivity contribution is -0.384. The van der Waals surface area contributed by atoms with Crippen LogP contribution in [0.4, 0.5) is 11.4 Å². The van der Waals surface area contributed by atoms with E-state index in [4.69, 9.17) is 4.74 Å². The third kappa shape index (κ3) is 3.86. The van der Waals surface area contributed by atoms with Crippen LogP contribution in [-0.2, 0) is 9.53 Å². The second kappa shape index (κ2) is 8.08. The van der Waals surface area contributed by atoms with E-state index < -0.39 is 23.4 Å². The molecule has 3 N–H and O–H groups in total. The van der Waals surface area contributed by atoms with Gasteiger partial charge in [-0.15, -0.1) is 0 Å². The van der Waals surface area contributed by atoms with E-state index in [1.165, 1.54) is 12.1 Å². The molecule has 0 aromatic heterocycles. The van der Waals surface area contributed by atoms with Crippen molar-refractivity contribution >= 4 is 34.0 Å². The van der Waals surface area contributed by atoms with Crippen molar-refractivity contribution < 1.29 is 29.5 Å². The molecule has 0 aliphatic carbocycles. The maximum atomic E-state index is 12.3. The molecule has 0 aliphatic heterocycles. The zero-order chi connectivity index (χ0) is 22.0. The number of phenols is 2. The monoisotopic (exact) mass is 410 g/mol. The Labute approximate surface area is 170 Å². The number of anilines is 1. The number of nitrogens with zero attached hydrogens (tertiary/aromatic N) is 1. The summed E-state index contributed by atoms with van der Waals surface area (Å²) >= 11 is 0. The summed E-state index contributed by atoms with van der Waals surface area (Å²) in [6, 6.07) is 10.3. The number of hydrogen-bond acceptors (Lipinski definition) is 7. The summed E-state index contributed by atoms with van der Waals surface area (Å²) in [7, 11) is 0. The fourth-order valence-electron chi connectivity index (χ4n) is 2.99. The lowest BCUT2D eigenvalue weighted by atomic mass is 10.0. The number of nitro benzene ring substituents is 1. The van der Waals surface area contributed by atoms with E-state index in [2.05, 4.69) is 5.32 Å². The molecular formula is C21H18N2O7. The number of nitro groups is 1. The topological polar surface area (TPSA) is 139 Å². The summed E-state index contributed by atoms with van der Waals surface area (Å²) in [4.78, 5) is 35.2. The molecule has 0 fully saturated rings. The Bertz CT molecular complexity index is 1190. The van der Waals surface area contributed by atoms with Crippen LogP contribution in [0.1, 0.15) is 21.5 Å². The average Bonchev–Trinajstić information content (AvgIpc) is 2.72. The molecule has 0 unspecified atom stereocenters. The lowest BCUT2D eigenvalue weighted by Crippen LogP contribution is -2.22. The summed E-state index contributed by atoms with van der Waals surface area (Å²) in [5.74, 6) is -2.44. The van der Waals surface area contributed by atoms with Crippen molar-refractivity contribution in [2.24, 2.45) is 0 Å². The first-order valence-electron chi connectivity index (χ1n) is 8.86. The van der Waals surface area contributed by atoms with E-state index in [-0.39, 0.29) is 33.8 Å². The van der Waals surface area contributed by atoms with Crippen LogP contribution in [0.5, 0.6) is 11.5 Å². The zero-order valence-corrected chi connectivity index (χ0v) is 16.1. The molecule has 0 atom stereocenters. The highest BCUT2D eigenvalue weighted by Gasteiger charge is 2.22. The molecule has 154 valence electrons. The van der Waals surface area contributed by atoms with Crippen molar-refractivity contribution in [1.29, 1.82) is 0 Å². The third-order valence-electron chi connectivity index (χ3n) is 4.72. The van der Waals surface area contributed by atoms with Crippen molar-refractivity contribution in [3.63, 3.8) is 0 Å². The van der Waals surface area contributed by atoms with Gasteiger partial charge in [0.15, 0.2) is 6.61 Å². The molecule has 3 aromatic rings. The summed E-state index contributed by atoms with van der Waals surface area (Å²) < 4.78 is 4.93. The van der Waals surface area contributed by atoms with Crippen molar-refractivity contribution in [3.8, 4) is 11.5 Å². The number of rotatable bonds is 5. The van der Waals surface area contributed by atoms with Gasteiger partial charge in [0.25, 0.3) is 11.6 Å². The van der Waals surface area contributed by atoms with Gasteiger partial charge in [-0.3, -0.25) is 14.9 Å². The van der Waals surface area contributed by atoms with Crippen molar-refractivity contribution in [2.45, 2.75) is 13.8 Å². The number of hydrogen-bond donors (Lipinski definition) is 3. The first-order chi connectivity index (χ1) is 14.2. The molecule has 0 saturated carbocycles. The molecule has 9 heteroatoms. The van der Waals surface area contributed by atoms with Crippen LogP contribution in [0.15, 0.2) is 42.5 Å². The first kappa shape index (κ1) is 20.6. The molecule has 0 heterocycles. The minimum Gasteiger partial charge on any atom is -0.507 e. The number of fused-ring (bicyclic) bond motifs is 1. The molecule has 3 rings (SSSR count). The van der Waals surface area contributed by atoms with Gasteiger partial charge in [0.2, 0.25) is 0 Å². The molecule has 30 heavy (non-hydrogen) atoms. The number of carbonyl (C=O) groups is 2. The second-order valence-electron chi connectivity index (χ2n) is 6.62. The van der Waals surface area contributed by atoms with Gasteiger partial charge in [0.1, 0.15) is 22.7 Å². The first-order valence-corrected chi connectivity index (χ1v) is 8.86. The highest BCUT2D eigenvalue weighted by molar-refractivity contribution is 6.04. The van der Waals surface area contributed by atoms with E-state index >= 15 is 0 Å². The van der Waals surface area contributed by atoms with E-state index in [9.17, 15) is 29.9 Å². The Hall–Kier alpha value is -4.14. The number of aryl methyl sites for hydroxylation is 1. The Kier molecular flexibility index (Phi) is 5.54. The molecule has 0 radical (unpaired) electrons. The molecule has 0 aliphatic rings. The van der Waals surface area contributed by atoms with Crippen LogP contribution in [0, 0.1) is 24.0 Å². The quantitative estimate of drug-likeness (QED) is 0.253. The van der Waals surface area contributed by atoms with E-state index in [1.807, 2.05) is 0 Å². The number of nitrogens with one attached hydrogen (secondary N) is 1. The number of amides is 1. The third-order valence-corrected chi connectivity index (χ3v) is 4.72. The molecule has 3 aromatic carbocycles. The molecule has 9 nitrogen and oxygen atoms in total. The highest BCUT2D eigenvalue weighted by atomic mass is 16.6. The molecule has 0 bridgehead atoms.